The first kappa shape index (κ1) is 28.6. The molecule has 3 aromatic rings. The van der Waals surface area contributed by atoms with Crippen molar-refractivity contribution in [3.8, 4) is 5.75 Å². The van der Waals surface area contributed by atoms with Gasteiger partial charge in [0, 0.05) is 11.9 Å². The van der Waals surface area contributed by atoms with Gasteiger partial charge in [-0.05, 0) is 61.6 Å². The Kier molecular flexibility index (Phi) is 9.03. The Balaban J connectivity index is 1.39. The van der Waals surface area contributed by atoms with Crippen LogP contribution in [0.2, 0.25) is 0 Å². The maximum absolute atomic E-state index is 13.9. The van der Waals surface area contributed by atoms with Gasteiger partial charge in [0.1, 0.15) is 23.2 Å². The van der Waals surface area contributed by atoms with Crippen LogP contribution in [-0.2, 0) is 9.59 Å². The quantitative estimate of drug-likeness (QED) is 0.386. The number of Topliss-reactive ketones (excluding diaryl/α,β-unsaturated/α-hetero) is 1. The summed E-state index contributed by atoms with van der Waals surface area (Å²) in [5.41, 5.74) is 0.522. The number of ketones is 1. The Morgan fingerprint density at radius 3 is 2.65 bits per heavy atom. The minimum atomic E-state index is -0.910. The van der Waals surface area contributed by atoms with E-state index in [2.05, 4.69) is 16.0 Å². The maximum atomic E-state index is 13.9. The highest BCUT2D eigenvalue weighted by Crippen LogP contribution is 2.24. The van der Waals surface area contributed by atoms with Gasteiger partial charge < -0.3 is 30.0 Å². The number of furan rings is 1. The lowest BCUT2D eigenvalue weighted by atomic mass is 10.0. The molecule has 2 heterocycles. The zero-order valence-corrected chi connectivity index (χ0v) is 22.7. The molecule has 1 aliphatic heterocycles. The summed E-state index contributed by atoms with van der Waals surface area (Å²) in [6.07, 6.45) is 1.11. The van der Waals surface area contributed by atoms with Crippen molar-refractivity contribution >= 4 is 40.3 Å². The molecule has 11 heteroatoms. The minimum absolute atomic E-state index is 0.0184. The fourth-order valence-electron chi connectivity index (χ4n) is 4.57. The Morgan fingerprint density at radius 1 is 1.15 bits per heavy atom. The third-order valence-corrected chi connectivity index (χ3v) is 6.65. The van der Waals surface area contributed by atoms with Gasteiger partial charge in [-0.3, -0.25) is 14.4 Å². The highest BCUT2D eigenvalue weighted by molar-refractivity contribution is 6.00. The van der Waals surface area contributed by atoms with Crippen molar-refractivity contribution in [3.63, 3.8) is 0 Å². The van der Waals surface area contributed by atoms with Crippen molar-refractivity contribution < 1.29 is 32.7 Å². The summed E-state index contributed by atoms with van der Waals surface area (Å²) in [5.74, 6) is -1.25. The van der Waals surface area contributed by atoms with Crippen LogP contribution in [-0.4, -0.2) is 60.8 Å². The Morgan fingerprint density at radius 2 is 1.93 bits per heavy atom. The van der Waals surface area contributed by atoms with Crippen molar-refractivity contribution in [1.82, 2.24) is 15.5 Å². The molecule has 1 fully saturated rings. The van der Waals surface area contributed by atoms with Gasteiger partial charge in [0.25, 0.3) is 5.91 Å². The van der Waals surface area contributed by atoms with E-state index in [0.29, 0.717) is 36.0 Å². The number of benzene rings is 2. The number of anilines is 1. The molecule has 0 aliphatic carbocycles. The van der Waals surface area contributed by atoms with E-state index in [-0.39, 0.29) is 36.2 Å². The first-order valence-electron chi connectivity index (χ1n) is 13.2. The highest BCUT2D eigenvalue weighted by Gasteiger charge is 2.32. The van der Waals surface area contributed by atoms with E-state index in [1.54, 1.807) is 37.4 Å². The zero-order chi connectivity index (χ0) is 28.8. The topological polar surface area (TPSA) is 130 Å². The van der Waals surface area contributed by atoms with Gasteiger partial charge in [0.05, 0.1) is 25.4 Å². The molecule has 40 heavy (non-hydrogen) atoms. The second kappa shape index (κ2) is 12.6. The van der Waals surface area contributed by atoms with Crippen LogP contribution in [0.3, 0.4) is 0 Å². The number of nitrogens with one attached hydrogen (secondary N) is 3. The molecule has 212 valence electrons. The van der Waals surface area contributed by atoms with Crippen LogP contribution in [0.1, 0.15) is 43.7 Å². The fraction of sp³-hybridized carbons (Fsp3) is 0.379. The lowest BCUT2D eigenvalue weighted by molar-refractivity contribution is -0.129. The lowest BCUT2D eigenvalue weighted by Crippen LogP contribution is -2.52. The number of urea groups is 1. The molecule has 4 amide bonds. The van der Waals surface area contributed by atoms with E-state index in [1.807, 2.05) is 13.8 Å². The monoisotopic (exact) mass is 552 g/mol. The van der Waals surface area contributed by atoms with Crippen molar-refractivity contribution in [2.75, 3.05) is 25.5 Å². The number of hydrogen-bond acceptors (Lipinski definition) is 6. The Hall–Kier alpha value is -4.41. The summed E-state index contributed by atoms with van der Waals surface area (Å²) >= 11 is 0. The van der Waals surface area contributed by atoms with E-state index < -0.39 is 35.7 Å². The molecular weight excluding hydrogens is 519 g/mol. The highest BCUT2D eigenvalue weighted by atomic mass is 19.1. The summed E-state index contributed by atoms with van der Waals surface area (Å²) in [6, 6.07) is 10.2. The fourth-order valence-corrected chi connectivity index (χ4v) is 4.57. The molecule has 0 radical (unpaired) electrons. The summed E-state index contributed by atoms with van der Waals surface area (Å²) < 4.78 is 24.8. The van der Waals surface area contributed by atoms with Gasteiger partial charge in [-0.1, -0.05) is 26.0 Å². The first-order valence-corrected chi connectivity index (χ1v) is 13.2. The normalized spacial score (nSPS) is 16.4. The van der Waals surface area contributed by atoms with Crippen molar-refractivity contribution in [1.29, 1.82) is 0 Å². The number of carbonyl (C=O) groups excluding carboxylic acids is 4. The van der Waals surface area contributed by atoms with E-state index in [0.717, 1.165) is 0 Å². The molecule has 0 saturated carbocycles. The molecule has 0 bridgehead atoms. The van der Waals surface area contributed by atoms with Gasteiger partial charge in [0.2, 0.25) is 5.91 Å². The van der Waals surface area contributed by atoms with Crippen LogP contribution in [0.4, 0.5) is 14.9 Å². The molecule has 2 unspecified atom stereocenters. The number of halogens is 1. The molecule has 2 aromatic carbocycles. The summed E-state index contributed by atoms with van der Waals surface area (Å²) in [7, 11) is 1.54. The molecule has 1 saturated heterocycles. The van der Waals surface area contributed by atoms with Crippen LogP contribution in [0.5, 0.6) is 5.75 Å². The van der Waals surface area contributed by atoms with Gasteiger partial charge in [-0.25, -0.2) is 9.18 Å². The zero-order valence-electron chi connectivity index (χ0n) is 22.7. The van der Waals surface area contributed by atoms with Crippen LogP contribution in [0.15, 0.2) is 52.9 Å². The molecule has 1 aliphatic rings. The molecule has 4 rings (SSSR count). The smallest absolute Gasteiger partial charge is 0.322 e. The predicted octanol–water partition coefficient (Wildman–Crippen LogP) is 4.11. The molecule has 2 atom stereocenters. The van der Waals surface area contributed by atoms with Crippen molar-refractivity contribution in [3.05, 3.63) is 60.1 Å². The van der Waals surface area contributed by atoms with Crippen LogP contribution < -0.4 is 20.7 Å². The maximum Gasteiger partial charge on any atom is 0.322 e. The van der Waals surface area contributed by atoms with Gasteiger partial charge in [0.15, 0.2) is 11.5 Å². The van der Waals surface area contributed by atoms with Crippen molar-refractivity contribution in [2.24, 2.45) is 5.92 Å². The largest absolute Gasteiger partial charge is 0.497 e. The standard InChI is InChI=1S/C29H33FN4O6/c1-17(2)13-23(32-28(37)26-15-18-14-19(39-3)10-11-25(18)40-26)27(36)31-22-9-6-12-34(16-24(22)35)29(38)33-21-8-5-4-7-20(21)30/h4-5,7-8,10-11,14-15,17,22-23H,6,9,12-13,16H2,1-3H3,(H,31,36)(H,32,37)(H,33,38). The minimum Gasteiger partial charge on any atom is -0.497 e. The number of nitrogens with zero attached hydrogens (tertiary/aromatic N) is 1. The number of methoxy groups -OCH3 is 1. The van der Waals surface area contributed by atoms with Crippen LogP contribution in [0, 0.1) is 11.7 Å². The molecule has 10 nitrogen and oxygen atoms in total. The van der Waals surface area contributed by atoms with Crippen LogP contribution in [0.25, 0.3) is 11.0 Å². The third kappa shape index (κ3) is 6.96. The number of para-hydroxylation sites is 1. The molecular formula is C29H33FN4O6. The first-order chi connectivity index (χ1) is 19.1. The molecule has 0 spiro atoms. The third-order valence-electron chi connectivity index (χ3n) is 6.65. The van der Waals surface area contributed by atoms with Gasteiger partial charge in [-0.15, -0.1) is 0 Å². The summed E-state index contributed by atoms with van der Waals surface area (Å²) in [6.45, 7) is 3.86. The average molecular weight is 553 g/mol. The second-order valence-corrected chi connectivity index (χ2v) is 10.2. The SMILES string of the molecule is COc1ccc2oc(C(=O)NC(CC(C)C)C(=O)NC3CCCN(C(=O)Nc4ccccc4F)CC3=O)cc2c1. The number of carbonyl (C=O) groups is 4. The lowest BCUT2D eigenvalue weighted by Gasteiger charge is -2.23. The predicted molar refractivity (Wildman–Crippen MR) is 147 cm³/mol. The number of fused-ring (bicyclic) bond motifs is 1. The number of hydrogen-bond donors (Lipinski definition) is 3. The van der Waals surface area contributed by atoms with Gasteiger partial charge in [-0.2, -0.15) is 0 Å². The van der Waals surface area contributed by atoms with E-state index >= 15 is 0 Å². The van der Waals surface area contributed by atoms with E-state index in [9.17, 15) is 23.6 Å². The number of ether oxygens (including phenoxy) is 1. The molecule has 3 N–H and O–H groups in total. The van der Waals surface area contributed by atoms with E-state index in [1.165, 1.54) is 23.1 Å². The van der Waals surface area contributed by atoms with Gasteiger partial charge >= 0.3 is 6.03 Å². The Labute approximate surface area is 231 Å². The summed E-state index contributed by atoms with van der Waals surface area (Å²) in [4.78, 5) is 53.2. The second-order valence-electron chi connectivity index (χ2n) is 10.2. The number of likely N-dealkylation sites (tertiary alicyclic amines) is 1. The van der Waals surface area contributed by atoms with Crippen LogP contribution >= 0.6 is 0 Å². The summed E-state index contributed by atoms with van der Waals surface area (Å²) in [5, 5.41) is 8.67. The Bertz CT molecular complexity index is 1400. The number of amides is 4. The average Bonchev–Trinajstić information content (AvgIpc) is 3.27. The van der Waals surface area contributed by atoms with E-state index in [4.69, 9.17) is 9.15 Å². The number of rotatable bonds is 8. The van der Waals surface area contributed by atoms with Crippen molar-refractivity contribution in [2.45, 2.75) is 45.2 Å². The molecule has 1 aromatic heterocycles.